The van der Waals surface area contributed by atoms with Crippen molar-refractivity contribution in [1.29, 1.82) is 0 Å². The van der Waals surface area contributed by atoms with Crippen molar-refractivity contribution in [1.82, 2.24) is 20.0 Å². The number of piperidine rings is 1. The first-order valence-corrected chi connectivity index (χ1v) is 7.38. The highest BCUT2D eigenvalue weighted by atomic mass is 19.3. The molecule has 1 aromatic rings. The second-order valence-corrected chi connectivity index (χ2v) is 5.51. The molecule has 1 aromatic heterocycles. The van der Waals surface area contributed by atoms with Crippen LogP contribution < -0.4 is 5.32 Å². The molecular weight excluding hydrogens is 312 g/mol. The average molecular weight is 331 g/mol. The number of nitro groups is 1. The minimum atomic E-state index is -2.96. The lowest BCUT2D eigenvalue weighted by Crippen LogP contribution is -2.58. The number of halogens is 2. The Hall–Kier alpha value is -2.10. The van der Waals surface area contributed by atoms with Crippen molar-refractivity contribution in [2.45, 2.75) is 38.3 Å². The van der Waals surface area contributed by atoms with Gasteiger partial charge in [0.1, 0.15) is 12.4 Å². The van der Waals surface area contributed by atoms with Gasteiger partial charge in [-0.25, -0.2) is 8.78 Å². The smallest absolute Gasteiger partial charge is 0.306 e. The molecule has 1 atom stereocenters. The minimum absolute atomic E-state index is 0.0666. The number of likely N-dealkylation sites (tertiary alicyclic amines) is 1. The fourth-order valence-electron chi connectivity index (χ4n) is 2.51. The van der Waals surface area contributed by atoms with E-state index >= 15 is 0 Å². The van der Waals surface area contributed by atoms with E-state index in [2.05, 4.69) is 10.4 Å². The number of alkyl halides is 2. The first kappa shape index (κ1) is 17.3. The first-order chi connectivity index (χ1) is 10.8. The maximum atomic E-state index is 14.0. The van der Waals surface area contributed by atoms with Gasteiger partial charge in [0.05, 0.1) is 17.5 Å². The summed E-state index contributed by atoms with van der Waals surface area (Å²) in [5.41, 5.74) is -0.177. The van der Waals surface area contributed by atoms with Crippen LogP contribution in [-0.4, -0.2) is 57.1 Å². The van der Waals surface area contributed by atoms with Crippen LogP contribution in [0.25, 0.3) is 0 Å². The summed E-state index contributed by atoms with van der Waals surface area (Å²) < 4.78 is 29.2. The van der Waals surface area contributed by atoms with Crippen molar-refractivity contribution in [3.63, 3.8) is 0 Å². The van der Waals surface area contributed by atoms with E-state index in [-0.39, 0.29) is 31.6 Å². The number of carbonyl (C=O) groups is 1. The third kappa shape index (κ3) is 4.44. The zero-order valence-electron chi connectivity index (χ0n) is 12.7. The van der Waals surface area contributed by atoms with E-state index in [1.165, 1.54) is 10.9 Å². The third-order valence-corrected chi connectivity index (χ3v) is 3.86. The van der Waals surface area contributed by atoms with Crippen molar-refractivity contribution >= 4 is 11.6 Å². The van der Waals surface area contributed by atoms with Crippen LogP contribution >= 0.6 is 0 Å². The van der Waals surface area contributed by atoms with Gasteiger partial charge in [-0.1, -0.05) is 6.92 Å². The predicted octanol–water partition coefficient (Wildman–Crippen LogP) is 1.03. The number of hydrogen-bond acceptors (Lipinski definition) is 5. The number of hydrogen-bond donors (Lipinski definition) is 1. The fraction of sp³-hybridized carbons (Fsp3) is 0.692. The summed E-state index contributed by atoms with van der Waals surface area (Å²) in [6.07, 6.45) is 2.40. The normalized spacial score (nSPS) is 21.1. The molecule has 2 rings (SSSR count). The first-order valence-electron chi connectivity index (χ1n) is 7.38. The Labute approximate surface area is 131 Å². The second kappa shape index (κ2) is 6.99. The molecule has 1 saturated heterocycles. The lowest BCUT2D eigenvalue weighted by molar-refractivity contribution is -0.385. The summed E-state index contributed by atoms with van der Waals surface area (Å²) in [4.78, 5) is 23.4. The Balaban J connectivity index is 1.83. The van der Waals surface area contributed by atoms with Gasteiger partial charge in [0.2, 0.25) is 5.91 Å². The van der Waals surface area contributed by atoms with Crippen LogP contribution in [0.2, 0.25) is 0 Å². The topological polar surface area (TPSA) is 93.3 Å². The van der Waals surface area contributed by atoms with Gasteiger partial charge in [0, 0.05) is 19.5 Å². The molecule has 1 aliphatic rings. The molecule has 0 aromatic carbocycles. The fourth-order valence-corrected chi connectivity index (χ4v) is 2.51. The Kier molecular flexibility index (Phi) is 5.24. The van der Waals surface area contributed by atoms with E-state index in [9.17, 15) is 23.7 Å². The Morgan fingerprint density at radius 3 is 2.91 bits per heavy atom. The summed E-state index contributed by atoms with van der Waals surface area (Å²) in [6, 6.07) is -1.18. The number of nitrogens with zero attached hydrogens (tertiary/aromatic N) is 4. The molecular formula is C13H19F2N5O3. The molecule has 23 heavy (non-hydrogen) atoms. The van der Waals surface area contributed by atoms with Gasteiger partial charge in [-0.2, -0.15) is 5.10 Å². The molecule has 0 radical (unpaired) electrons. The quantitative estimate of drug-likeness (QED) is 0.621. The molecule has 0 spiro atoms. The van der Waals surface area contributed by atoms with Crippen LogP contribution in [0.15, 0.2) is 12.4 Å². The zero-order valence-corrected chi connectivity index (χ0v) is 12.7. The van der Waals surface area contributed by atoms with Gasteiger partial charge < -0.3 is 5.32 Å². The molecule has 1 amide bonds. The van der Waals surface area contributed by atoms with Crippen molar-refractivity contribution in [3.8, 4) is 0 Å². The van der Waals surface area contributed by atoms with E-state index in [1.807, 2.05) is 6.92 Å². The standard InChI is InChI=1S/C13H19F2N5O3/c1-2-18-5-3-11(13(14,15)9-18)17-12(21)4-6-19-8-10(7-16-19)20(22)23/h7-8,11H,2-6,9H2,1H3,(H,17,21). The summed E-state index contributed by atoms with van der Waals surface area (Å²) in [7, 11) is 0. The summed E-state index contributed by atoms with van der Waals surface area (Å²) >= 11 is 0. The summed E-state index contributed by atoms with van der Waals surface area (Å²) in [5, 5.41) is 16.6. The highest BCUT2D eigenvalue weighted by Gasteiger charge is 2.44. The molecule has 0 aliphatic carbocycles. The largest absolute Gasteiger partial charge is 0.347 e. The number of aromatic nitrogens is 2. The van der Waals surface area contributed by atoms with Crippen LogP contribution in [0.1, 0.15) is 19.8 Å². The van der Waals surface area contributed by atoms with Crippen LogP contribution in [0.3, 0.4) is 0 Å². The molecule has 0 bridgehead atoms. The molecule has 8 nitrogen and oxygen atoms in total. The highest BCUT2D eigenvalue weighted by Crippen LogP contribution is 2.27. The Morgan fingerprint density at radius 2 is 2.35 bits per heavy atom. The average Bonchev–Trinajstić information content (AvgIpc) is 2.96. The van der Waals surface area contributed by atoms with Crippen molar-refractivity contribution in [2.75, 3.05) is 19.6 Å². The molecule has 1 unspecified atom stereocenters. The highest BCUT2D eigenvalue weighted by molar-refractivity contribution is 5.76. The third-order valence-electron chi connectivity index (χ3n) is 3.86. The molecule has 2 heterocycles. The molecule has 0 saturated carbocycles. The SMILES string of the molecule is CCN1CCC(NC(=O)CCn2cc([N+](=O)[O-])cn2)C(F)(F)C1. The molecule has 1 N–H and O–H groups in total. The maximum absolute atomic E-state index is 14.0. The van der Waals surface area contributed by atoms with Crippen LogP contribution in [0.5, 0.6) is 0 Å². The van der Waals surface area contributed by atoms with E-state index in [0.717, 1.165) is 6.20 Å². The van der Waals surface area contributed by atoms with E-state index < -0.39 is 22.8 Å². The minimum Gasteiger partial charge on any atom is -0.347 e. The Bertz CT molecular complexity index is 578. The second-order valence-electron chi connectivity index (χ2n) is 5.51. The molecule has 10 heteroatoms. The van der Waals surface area contributed by atoms with Crippen LogP contribution in [0.4, 0.5) is 14.5 Å². The van der Waals surface area contributed by atoms with Crippen LogP contribution in [-0.2, 0) is 11.3 Å². The van der Waals surface area contributed by atoms with E-state index in [1.54, 1.807) is 4.90 Å². The molecule has 1 aliphatic heterocycles. The zero-order chi connectivity index (χ0) is 17.0. The van der Waals surface area contributed by atoms with Gasteiger partial charge in [0.25, 0.3) is 5.92 Å². The van der Waals surface area contributed by atoms with Gasteiger partial charge in [-0.3, -0.25) is 24.5 Å². The number of amides is 1. The predicted molar refractivity (Wildman–Crippen MR) is 77.1 cm³/mol. The van der Waals surface area contributed by atoms with Crippen molar-refractivity contribution in [2.24, 2.45) is 0 Å². The Morgan fingerprint density at radius 1 is 1.61 bits per heavy atom. The molecule has 128 valence electrons. The van der Waals surface area contributed by atoms with Gasteiger partial charge in [0.15, 0.2) is 0 Å². The van der Waals surface area contributed by atoms with E-state index in [0.29, 0.717) is 13.1 Å². The lowest BCUT2D eigenvalue weighted by Gasteiger charge is -2.38. The van der Waals surface area contributed by atoms with Gasteiger partial charge in [-0.05, 0) is 13.0 Å². The van der Waals surface area contributed by atoms with E-state index in [4.69, 9.17) is 0 Å². The number of carbonyl (C=O) groups excluding carboxylic acids is 1. The maximum Gasteiger partial charge on any atom is 0.306 e. The van der Waals surface area contributed by atoms with Gasteiger partial charge >= 0.3 is 5.69 Å². The van der Waals surface area contributed by atoms with Crippen molar-refractivity contribution in [3.05, 3.63) is 22.5 Å². The number of rotatable bonds is 6. The lowest BCUT2D eigenvalue weighted by atomic mass is 10.0. The number of aryl methyl sites for hydroxylation is 1. The summed E-state index contributed by atoms with van der Waals surface area (Å²) in [6.45, 7) is 2.62. The molecule has 1 fully saturated rings. The van der Waals surface area contributed by atoms with Crippen LogP contribution in [0, 0.1) is 10.1 Å². The monoisotopic (exact) mass is 331 g/mol. The number of nitrogens with one attached hydrogen (secondary N) is 1. The summed E-state index contributed by atoms with van der Waals surface area (Å²) in [5.74, 6) is -3.48. The van der Waals surface area contributed by atoms with Crippen molar-refractivity contribution < 1.29 is 18.5 Å². The van der Waals surface area contributed by atoms with Gasteiger partial charge in [-0.15, -0.1) is 0 Å².